The summed E-state index contributed by atoms with van der Waals surface area (Å²) in [4.78, 5) is 10.7. The molecule has 0 unspecified atom stereocenters. The molecule has 0 heterocycles. The second-order valence-electron chi connectivity index (χ2n) is 3.90. The first kappa shape index (κ1) is 9.50. The monoisotopic (exact) mass is 166 g/mol. The Bertz CT molecular complexity index is 181. The summed E-state index contributed by atoms with van der Waals surface area (Å²) < 4.78 is 0. The number of hydrogen-bond donors (Lipinski definition) is 0. The lowest BCUT2D eigenvalue weighted by Gasteiger charge is -2.25. The molecule has 1 nitrogen and oxygen atoms in total. The van der Waals surface area contributed by atoms with Crippen LogP contribution in [0.2, 0.25) is 0 Å². The van der Waals surface area contributed by atoms with E-state index in [-0.39, 0.29) is 5.78 Å². The molecule has 0 aromatic heterocycles. The second kappa shape index (κ2) is 4.44. The van der Waals surface area contributed by atoms with E-state index >= 15 is 0 Å². The number of hydrogen-bond acceptors (Lipinski definition) is 1. The number of allylic oxidation sites excluding steroid dienone is 2. The first-order chi connectivity index (χ1) is 5.70. The van der Waals surface area contributed by atoms with Gasteiger partial charge in [0.1, 0.15) is 0 Å². The highest BCUT2D eigenvalue weighted by Crippen LogP contribution is 2.30. The first-order valence-corrected chi connectivity index (χ1v) is 4.89. The quantitative estimate of drug-likeness (QED) is 0.576. The van der Waals surface area contributed by atoms with Crippen molar-refractivity contribution in [3.8, 4) is 0 Å². The van der Waals surface area contributed by atoms with E-state index < -0.39 is 0 Å². The van der Waals surface area contributed by atoms with Gasteiger partial charge in [-0.05, 0) is 31.3 Å². The summed E-state index contributed by atoms with van der Waals surface area (Å²) in [6.07, 6.45) is 9.12. The Morgan fingerprint density at radius 3 is 2.58 bits per heavy atom. The van der Waals surface area contributed by atoms with Gasteiger partial charge in [0, 0.05) is 0 Å². The third-order valence-corrected chi connectivity index (χ3v) is 2.76. The Morgan fingerprint density at radius 2 is 2.00 bits per heavy atom. The van der Waals surface area contributed by atoms with E-state index in [1.165, 1.54) is 25.7 Å². The highest BCUT2D eigenvalue weighted by Gasteiger charge is 2.18. The summed E-state index contributed by atoms with van der Waals surface area (Å²) in [6.45, 7) is 3.90. The lowest BCUT2D eigenvalue weighted by atomic mass is 9.80. The molecule has 0 aromatic carbocycles. The molecule has 1 fully saturated rings. The van der Waals surface area contributed by atoms with E-state index in [0.29, 0.717) is 5.92 Å². The van der Waals surface area contributed by atoms with Gasteiger partial charge in [-0.15, -0.1) is 0 Å². The minimum atomic E-state index is 0.174. The van der Waals surface area contributed by atoms with Crippen LogP contribution in [-0.2, 0) is 4.79 Å². The fourth-order valence-corrected chi connectivity index (χ4v) is 1.89. The Balaban J connectivity index is 2.43. The topological polar surface area (TPSA) is 17.1 Å². The largest absolute Gasteiger partial charge is 0.295 e. The van der Waals surface area contributed by atoms with E-state index in [2.05, 4.69) is 13.0 Å². The summed E-state index contributed by atoms with van der Waals surface area (Å²) in [5.74, 6) is 1.60. The Hall–Kier alpha value is -0.590. The van der Waals surface area contributed by atoms with Gasteiger partial charge < -0.3 is 0 Å². The number of rotatable bonds is 2. The van der Waals surface area contributed by atoms with Crippen LogP contribution in [0.1, 0.15) is 39.5 Å². The predicted molar refractivity (Wildman–Crippen MR) is 50.9 cm³/mol. The van der Waals surface area contributed by atoms with Crippen molar-refractivity contribution < 1.29 is 4.79 Å². The van der Waals surface area contributed by atoms with Crippen molar-refractivity contribution in [2.24, 2.45) is 11.8 Å². The van der Waals surface area contributed by atoms with Crippen LogP contribution in [0.25, 0.3) is 0 Å². The molecule has 68 valence electrons. The smallest absolute Gasteiger partial charge is 0.152 e. The molecule has 0 radical (unpaired) electrons. The molecule has 1 aliphatic rings. The van der Waals surface area contributed by atoms with Gasteiger partial charge in [0.25, 0.3) is 0 Å². The average Bonchev–Trinajstić information content (AvgIpc) is 2.03. The van der Waals surface area contributed by atoms with Crippen molar-refractivity contribution >= 4 is 5.78 Å². The minimum absolute atomic E-state index is 0.174. The standard InChI is InChI=1S/C11H18O/c1-9-5-3-4-6-11(9)8-7-10(2)12/h7-9,11H,3-6H2,1-2H3/b8-7+/t9-,11-/m1/s1. The summed E-state index contributed by atoms with van der Waals surface area (Å²) >= 11 is 0. The van der Waals surface area contributed by atoms with E-state index in [4.69, 9.17) is 0 Å². The second-order valence-corrected chi connectivity index (χ2v) is 3.90. The van der Waals surface area contributed by atoms with Crippen LogP contribution in [0.15, 0.2) is 12.2 Å². The lowest BCUT2D eigenvalue weighted by Crippen LogP contribution is -2.14. The zero-order valence-corrected chi connectivity index (χ0v) is 8.05. The van der Waals surface area contributed by atoms with Crippen molar-refractivity contribution in [3.63, 3.8) is 0 Å². The van der Waals surface area contributed by atoms with E-state index in [1.54, 1.807) is 13.0 Å². The summed E-state index contributed by atoms with van der Waals surface area (Å²) in [5, 5.41) is 0. The SMILES string of the molecule is CC(=O)/C=C/[C@H]1CCCC[C@H]1C. The van der Waals surface area contributed by atoms with Crippen molar-refractivity contribution in [3.05, 3.63) is 12.2 Å². The highest BCUT2D eigenvalue weighted by molar-refractivity contribution is 5.87. The van der Waals surface area contributed by atoms with Gasteiger partial charge in [-0.3, -0.25) is 4.79 Å². The van der Waals surface area contributed by atoms with Crippen molar-refractivity contribution in [2.45, 2.75) is 39.5 Å². The van der Waals surface area contributed by atoms with Gasteiger partial charge in [0.2, 0.25) is 0 Å². The van der Waals surface area contributed by atoms with E-state index in [1.807, 2.05) is 0 Å². The molecule has 0 N–H and O–H groups in total. The zero-order chi connectivity index (χ0) is 8.97. The molecule has 0 aliphatic heterocycles. The molecule has 12 heavy (non-hydrogen) atoms. The van der Waals surface area contributed by atoms with Crippen LogP contribution in [0.5, 0.6) is 0 Å². The van der Waals surface area contributed by atoms with Crippen LogP contribution in [0.3, 0.4) is 0 Å². The predicted octanol–water partition coefficient (Wildman–Crippen LogP) is 2.96. The van der Waals surface area contributed by atoms with E-state index in [0.717, 1.165) is 5.92 Å². The summed E-state index contributed by atoms with van der Waals surface area (Å²) in [5.41, 5.74) is 0. The number of ketones is 1. The molecule has 2 atom stereocenters. The Kier molecular flexibility index (Phi) is 3.51. The highest BCUT2D eigenvalue weighted by atomic mass is 16.1. The lowest BCUT2D eigenvalue weighted by molar-refractivity contribution is -0.112. The third-order valence-electron chi connectivity index (χ3n) is 2.76. The summed E-state index contributed by atoms with van der Waals surface area (Å²) in [6, 6.07) is 0. The number of carbonyl (C=O) groups excluding carboxylic acids is 1. The Morgan fingerprint density at radius 1 is 1.33 bits per heavy atom. The fraction of sp³-hybridized carbons (Fsp3) is 0.727. The molecule has 1 saturated carbocycles. The molecule has 0 saturated heterocycles. The van der Waals surface area contributed by atoms with Gasteiger partial charge in [0.15, 0.2) is 5.78 Å². The van der Waals surface area contributed by atoms with Crippen LogP contribution < -0.4 is 0 Å². The van der Waals surface area contributed by atoms with Crippen molar-refractivity contribution in [2.75, 3.05) is 0 Å². The molecule has 0 aromatic rings. The molecule has 1 rings (SSSR count). The summed E-state index contributed by atoms with van der Waals surface area (Å²) in [7, 11) is 0. The Labute approximate surface area is 74.9 Å². The molecular formula is C11H18O. The number of carbonyl (C=O) groups is 1. The normalized spacial score (nSPS) is 30.8. The van der Waals surface area contributed by atoms with Gasteiger partial charge in [0.05, 0.1) is 0 Å². The molecule has 1 heteroatoms. The van der Waals surface area contributed by atoms with Gasteiger partial charge >= 0.3 is 0 Å². The first-order valence-electron chi connectivity index (χ1n) is 4.89. The molecule has 0 amide bonds. The van der Waals surface area contributed by atoms with Gasteiger partial charge in [-0.2, -0.15) is 0 Å². The van der Waals surface area contributed by atoms with Gasteiger partial charge in [-0.1, -0.05) is 32.3 Å². The molecule has 1 aliphatic carbocycles. The van der Waals surface area contributed by atoms with Crippen LogP contribution in [-0.4, -0.2) is 5.78 Å². The maximum Gasteiger partial charge on any atom is 0.152 e. The maximum atomic E-state index is 10.7. The fourth-order valence-electron chi connectivity index (χ4n) is 1.89. The van der Waals surface area contributed by atoms with Crippen LogP contribution in [0.4, 0.5) is 0 Å². The molecular weight excluding hydrogens is 148 g/mol. The van der Waals surface area contributed by atoms with Crippen LogP contribution >= 0.6 is 0 Å². The average molecular weight is 166 g/mol. The zero-order valence-electron chi connectivity index (χ0n) is 8.05. The van der Waals surface area contributed by atoms with E-state index in [9.17, 15) is 4.79 Å². The maximum absolute atomic E-state index is 10.7. The van der Waals surface area contributed by atoms with Crippen molar-refractivity contribution in [1.29, 1.82) is 0 Å². The van der Waals surface area contributed by atoms with Crippen LogP contribution in [0, 0.1) is 11.8 Å². The molecule has 0 spiro atoms. The minimum Gasteiger partial charge on any atom is -0.295 e. The third kappa shape index (κ3) is 2.80. The van der Waals surface area contributed by atoms with Crippen molar-refractivity contribution in [1.82, 2.24) is 0 Å². The molecule has 0 bridgehead atoms. The van der Waals surface area contributed by atoms with Gasteiger partial charge in [-0.25, -0.2) is 0 Å².